The molecule has 19 heavy (non-hydrogen) atoms. The van der Waals surface area contributed by atoms with Gasteiger partial charge in [-0.25, -0.2) is 0 Å². The topological polar surface area (TPSA) is 44.4 Å². The summed E-state index contributed by atoms with van der Waals surface area (Å²) in [7, 11) is 0. The molecule has 1 fully saturated rings. The predicted molar refractivity (Wildman–Crippen MR) is 80.3 cm³/mol. The highest BCUT2D eigenvalue weighted by Gasteiger charge is 2.27. The molecule has 1 aliphatic heterocycles. The van der Waals surface area contributed by atoms with Gasteiger partial charge in [-0.1, -0.05) is 39.0 Å². The Morgan fingerprint density at radius 2 is 1.95 bits per heavy atom. The number of carbonyl (C=O) groups excluding carboxylic acids is 1. The minimum atomic E-state index is 0.0318. The summed E-state index contributed by atoms with van der Waals surface area (Å²) in [5, 5.41) is 6.26. The van der Waals surface area contributed by atoms with Gasteiger partial charge in [0.15, 0.2) is 0 Å². The minimum absolute atomic E-state index is 0.0318. The largest absolute Gasteiger partial charge is 0.355 e. The Balaban J connectivity index is 2.22. The zero-order valence-electron chi connectivity index (χ0n) is 12.7. The summed E-state index contributed by atoms with van der Waals surface area (Å²) in [5.74, 6) is 0.181. The van der Waals surface area contributed by atoms with Gasteiger partial charge < -0.3 is 10.6 Å². The molecule has 4 nitrogen and oxygen atoms in total. The number of hydrogen-bond donors (Lipinski definition) is 2. The zero-order valence-corrected chi connectivity index (χ0v) is 12.7. The first-order valence-corrected chi connectivity index (χ1v) is 8.02. The lowest BCUT2D eigenvalue weighted by Crippen LogP contribution is -2.57. The fourth-order valence-corrected chi connectivity index (χ4v) is 2.66. The molecule has 0 aromatic heterocycles. The van der Waals surface area contributed by atoms with Crippen LogP contribution in [0.2, 0.25) is 0 Å². The Hall–Kier alpha value is -0.610. The Morgan fingerprint density at radius 3 is 2.68 bits per heavy atom. The van der Waals surface area contributed by atoms with Gasteiger partial charge in [0, 0.05) is 26.2 Å². The number of nitrogens with one attached hydrogen (secondary N) is 2. The molecule has 1 rings (SSSR count). The monoisotopic (exact) mass is 269 g/mol. The second kappa shape index (κ2) is 10.2. The third-order valence-electron chi connectivity index (χ3n) is 3.81. The maximum Gasteiger partial charge on any atom is 0.238 e. The second-order valence-electron chi connectivity index (χ2n) is 5.42. The molecular formula is C15H31N3O. The number of hydrogen-bond acceptors (Lipinski definition) is 3. The highest BCUT2D eigenvalue weighted by atomic mass is 16.2. The van der Waals surface area contributed by atoms with Crippen LogP contribution in [0, 0.1) is 0 Å². The number of carbonyl (C=O) groups is 1. The normalized spacial score (nSPS) is 20.4. The van der Waals surface area contributed by atoms with E-state index in [2.05, 4.69) is 22.5 Å². The van der Waals surface area contributed by atoms with Crippen molar-refractivity contribution in [1.29, 1.82) is 0 Å². The van der Waals surface area contributed by atoms with E-state index < -0.39 is 0 Å². The summed E-state index contributed by atoms with van der Waals surface area (Å²) in [6.07, 6.45) is 7.88. The quantitative estimate of drug-likeness (QED) is 0.627. The van der Waals surface area contributed by atoms with E-state index in [1.165, 1.54) is 38.5 Å². The molecule has 0 bridgehead atoms. The molecular weight excluding hydrogens is 238 g/mol. The number of unbranched alkanes of at least 4 members (excludes halogenated alkanes) is 5. The summed E-state index contributed by atoms with van der Waals surface area (Å²) in [6.45, 7) is 8.81. The third kappa shape index (κ3) is 6.39. The fourth-order valence-electron chi connectivity index (χ4n) is 2.66. The first-order valence-electron chi connectivity index (χ1n) is 8.02. The molecule has 0 radical (unpaired) electrons. The van der Waals surface area contributed by atoms with Crippen molar-refractivity contribution in [3.63, 3.8) is 0 Å². The molecule has 0 aromatic rings. The number of amides is 1. The van der Waals surface area contributed by atoms with Gasteiger partial charge in [-0.2, -0.15) is 0 Å². The maximum absolute atomic E-state index is 12.0. The Labute approximate surface area is 118 Å². The van der Waals surface area contributed by atoms with Gasteiger partial charge in [-0.05, 0) is 19.9 Å². The van der Waals surface area contributed by atoms with Crippen molar-refractivity contribution in [1.82, 2.24) is 15.5 Å². The Bertz CT molecular complexity index is 246. The van der Waals surface area contributed by atoms with Crippen LogP contribution >= 0.6 is 0 Å². The molecule has 112 valence electrons. The SMILES string of the molecule is CCCCCCCCN1CCNCC1C(=O)NCC. The molecule has 1 aliphatic rings. The third-order valence-corrected chi connectivity index (χ3v) is 3.81. The molecule has 0 aromatic carbocycles. The van der Waals surface area contributed by atoms with E-state index >= 15 is 0 Å². The van der Waals surface area contributed by atoms with Crippen LogP contribution in [0.1, 0.15) is 52.4 Å². The van der Waals surface area contributed by atoms with Gasteiger partial charge in [0.05, 0.1) is 0 Å². The molecule has 0 aliphatic carbocycles. The molecule has 1 saturated heterocycles. The lowest BCUT2D eigenvalue weighted by atomic mass is 10.1. The van der Waals surface area contributed by atoms with E-state index in [-0.39, 0.29) is 11.9 Å². The zero-order chi connectivity index (χ0) is 13.9. The van der Waals surface area contributed by atoms with E-state index in [9.17, 15) is 4.79 Å². The van der Waals surface area contributed by atoms with E-state index in [1.54, 1.807) is 0 Å². The van der Waals surface area contributed by atoms with Crippen molar-refractivity contribution in [2.75, 3.05) is 32.7 Å². The van der Waals surface area contributed by atoms with Gasteiger partial charge in [-0.15, -0.1) is 0 Å². The molecule has 0 spiro atoms. The molecule has 1 unspecified atom stereocenters. The van der Waals surface area contributed by atoms with Crippen molar-refractivity contribution in [2.45, 2.75) is 58.4 Å². The lowest BCUT2D eigenvalue weighted by Gasteiger charge is -2.35. The number of likely N-dealkylation sites (N-methyl/N-ethyl adjacent to an activating group) is 1. The summed E-state index contributed by atoms with van der Waals surface area (Å²) in [5.41, 5.74) is 0. The van der Waals surface area contributed by atoms with Gasteiger partial charge in [0.1, 0.15) is 6.04 Å². The van der Waals surface area contributed by atoms with Crippen molar-refractivity contribution >= 4 is 5.91 Å². The van der Waals surface area contributed by atoms with E-state index in [1.807, 2.05) is 6.92 Å². The second-order valence-corrected chi connectivity index (χ2v) is 5.42. The highest BCUT2D eigenvalue weighted by Crippen LogP contribution is 2.09. The summed E-state index contributed by atoms with van der Waals surface area (Å²) in [6, 6.07) is 0.0318. The van der Waals surface area contributed by atoms with E-state index in [4.69, 9.17) is 0 Å². The first-order chi connectivity index (χ1) is 9.29. The smallest absolute Gasteiger partial charge is 0.238 e. The number of rotatable bonds is 9. The molecule has 1 amide bonds. The van der Waals surface area contributed by atoms with Crippen LogP contribution in [-0.4, -0.2) is 49.6 Å². The van der Waals surface area contributed by atoms with Gasteiger partial charge in [0.2, 0.25) is 5.91 Å². The van der Waals surface area contributed by atoms with Crippen molar-refractivity contribution in [3.05, 3.63) is 0 Å². The average Bonchev–Trinajstić information content (AvgIpc) is 2.43. The lowest BCUT2D eigenvalue weighted by molar-refractivity contribution is -0.127. The van der Waals surface area contributed by atoms with Crippen molar-refractivity contribution in [2.24, 2.45) is 0 Å². The molecule has 2 N–H and O–H groups in total. The first kappa shape index (κ1) is 16.4. The number of nitrogens with zero attached hydrogens (tertiary/aromatic N) is 1. The fraction of sp³-hybridized carbons (Fsp3) is 0.933. The van der Waals surface area contributed by atoms with Crippen LogP contribution in [0.5, 0.6) is 0 Å². The Kier molecular flexibility index (Phi) is 8.84. The van der Waals surface area contributed by atoms with Gasteiger partial charge >= 0.3 is 0 Å². The number of piperazine rings is 1. The van der Waals surface area contributed by atoms with Crippen molar-refractivity contribution in [3.8, 4) is 0 Å². The standard InChI is InChI=1S/C15H31N3O/c1-3-5-6-7-8-9-11-18-12-10-16-13-14(18)15(19)17-4-2/h14,16H,3-13H2,1-2H3,(H,17,19). The highest BCUT2D eigenvalue weighted by molar-refractivity contribution is 5.82. The minimum Gasteiger partial charge on any atom is -0.355 e. The Morgan fingerprint density at radius 1 is 1.21 bits per heavy atom. The molecule has 1 heterocycles. The van der Waals surface area contributed by atoms with Crippen LogP contribution in [0.25, 0.3) is 0 Å². The van der Waals surface area contributed by atoms with Crippen LogP contribution in [0.15, 0.2) is 0 Å². The van der Waals surface area contributed by atoms with Crippen molar-refractivity contribution < 1.29 is 4.79 Å². The molecule has 1 atom stereocenters. The van der Waals surface area contributed by atoms with E-state index in [0.29, 0.717) is 0 Å². The maximum atomic E-state index is 12.0. The predicted octanol–water partition coefficient (Wildman–Crippen LogP) is 1.76. The summed E-state index contributed by atoms with van der Waals surface area (Å²) >= 11 is 0. The summed E-state index contributed by atoms with van der Waals surface area (Å²) in [4.78, 5) is 14.3. The summed E-state index contributed by atoms with van der Waals surface area (Å²) < 4.78 is 0. The molecule has 0 saturated carbocycles. The van der Waals surface area contributed by atoms with Gasteiger partial charge in [-0.3, -0.25) is 9.69 Å². The van der Waals surface area contributed by atoms with Crippen LogP contribution in [-0.2, 0) is 4.79 Å². The van der Waals surface area contributed by atoms with Gasteiger partial charge in [0.25, 0.3) is 0 Å². The van der Waals surface area contributed by atoms with Crippen LogP contribution < -0.4 is 10.6 Å². The van der Waals surface area contributed by atoms with E-state index in [0.717, 1.165) is 32.7 Å². The van der Waals surface area contributed by atoms with Crippen LogP contribution in [0.3, 0.4) is 0 Å². The van der Waals surface area contributed by atoms with Crippen LogP contribution in [0.4, 0.5) is 0 Å². The average molecular weight is 269 g/mol. The molecule has 4 heteroatoms.